The minimum Gasteiger partial charge on any atom is -0.366 e. The molecule has 1 aliphatic heterocycles. The Morgan fingerprint density at radius 2 is 2.04 bits per heavy atom. The Hall–Kier alpha value is -2.90. The van der Waals surface area contributed by atoms with Crippen molar-refractivity contribution in [3.8, 4) is 0 Å². The Balaban J connectivity index is 1.83. The fourth-order valence-corrected chi connectivity index (χ4v) is 3.00. The Labute approximate surface area is 145 Å². The van der Waals surface area contributed by atoms with E-state index in [0.29, 0.717) is 17.4 Å². The van der Waals surface area contributed by atoms with Gasteiger partial charge in [-0.1, -0.05) is 6.92 Å². The maximum atomic E-state index is 12.3. The lowest BCUT2D eigenvalue weighted by atomic mass is 9.98. The van der Waals surface area contributed by atoms with Crippen molar-refractivity contribution in [3.63, 3.8) is 0 Å². The number of nitrogens with zero attached hydrogens (tertiary/aromatic N) is 4. The summed E-state index contributed by atoms with van der Waals surface area (Å²) in [6.07, 6.45) is 3.73. The van der Waals surface area contributed by atoms with E-state index in [9.17, 15) is 14.9 Å². The summed E-state index contributed by atoms with van der Waals surface area (Å²) >= 11 is 0. The molecule has 0 atom stereocenters. The number of carbonyl (C=O) groups excluding carboxylic acids is 1. The average molecular weight is 343 g/mol. The first kappa shape index (κ1) is 16.9. The molecule has 0 radical (unpaired) electrons. The van der Waals surface area contributed by atoms with Crippen LogP contribution >= 0.6 is 0 Å². The van der Waals surface area contributed by atoms with Gasteiger partial charge in [-0.3, -0.25) is 19.6 Å². The number of benzene rings is 1. The number of aromatic nitrogens is 2. The molecule has 0 unspecified atom stereocenters. The zero-order valence-corrected chi connectivity index (χ0v) is 14.3. The number of hydrogen-bond acceptors (Lipinski definition) is 5. The van der Waals surface area contributed by atoms with Crippen LogP contribution in [0.1, 0.15) is 30.1 Å². The van der Waals surface area contributed by atoms with Gasteiger partial charge in [0.15, 0.2) is 5.82 Å². The van der Waals surface area contributed by atoms with Gasteiger partial charge in [0.05, 0.1) is 4.92 Å². The molecule has 1 amide bonds. The van der Waals surface area contributed by atoms with Crippen molar-refractivity contribution >= 4 is 23.1 Å². The first-order valence-corrected chi connectivity index (χ1v) is 8.28. The highest BCUT2D eigenvalue weighted by molar-refractivity contribution is 6.04. The van der Waals surface area contributed by atoms with E-state index in [2.05, 4.69) is 17.3 Å². The fraction of sp³-hybridized carbons (Fsp3) is 0.412. The van der Waals surface area contributed by atoms with Crippen molar-refractivity contribution in [1.29, 1.82) is 0 Å². The molecule has 1 N–H and O–H groups in total. The summed E-state index contributed by atoms with van der Waals surface area (Å²) in [7, 11) is 1.74. The minimum atomic E-state index is -0.426. The molecule has 8 heteroatoms. The summed E-state index contributed by atoms with van der Waals surface area (Å²) in [6.45, 7) is 3.78. The van der Waals surface area contributed by atoms with E-state index in [1.165, 1.54) is 6.07 Å². The molecule has 1 aromatic heterocycles. The van der Waals surface area contributed by atoms with Gasteiger partial charge in [-0.15, -0.1) is 0 Å². The molecule has 0 bridgehead atoms. The summed E-state index contributed by atoms with van der Waals surface area (Å²) in [5.74, 6) is 0.628. The smallest absolute Gasteiger partial charge is 0.293 e. The van der Waals surface area contributed by atoms with Gasteiger partial charge in [-0.2, -0.15) is 5.10 Å². The molecule has 0 saturated carbocycles. The van der Waals surface area contributed by atoms with E-state index in [1.54, 1.807) is 36.1 Å². The molecule has 2 heterocycles. The molecular weight excluding hydrogens is 322 g/mol. The predicted octanol–water partition coefficient (Wildman–Crippen LogP) is 2.82. The third-order valence-corrected chi connectivity index (χ3v) is 4.51. The van der Waals surface area contributed by atoms with Gasteiger partial charge in [0, 0.05) is 44.0 Å². The number of nitrogens with one attached hydrogen (secondary N) is 1. The zero-order chi connectivity index (χ0) is 18.0. The van der Waals surface area contributed by atoms with E-state index in [1.807, 2.05) is 4.90 Å². The lowest BCUT2D eigenvalue weighted by molar-refractivity contribution is -0.384. The second kappa shape index (κ2) is 6.92. The lowest BCUT2D eigenvalue weighted by Gasteiger charge is -2.31. The SMILES string of the molecule is CC1CCN(c2ccc(C(=O)Nc3ccn(C)n3)cc2[N+](=O)[O-])CC1. The summed E-state index contributed by atoms with van der Waals surface area (Å²) in [4.78, 5) is 25.4. The topological polar surface area (TPSA) is 93.3 Å². The Morgan fingerprint density at radius 1 is 1.32 bits per heavy atom. The van der Waals surface area contributed by atoms with Gasteiger partial charge in [0.25, 0.3) is 11.6 Å². The highest BCUT2D eigenvalue weighted by Gasteiger charge is 2.24. The van der Waals surface area contributed by atoms with Crippen molar-refractivity contribution in [1.82, 2.24) is 9.78 Å². The molecule has 8 nitrogen and oxygen atoms in total. The van der Waals surface area contributed by atoms with Crippen LogP contribution in [0.5, 0.6) is 0 Å². The monoisotopic (exact) mass is 343 g/mol. The van der Waals surface area contributed by atoms with Gasteiger partial charge in [-0.25, -0.2) is 0 Å². The molecule has 2 aromatic rings. The Bertz CT molecular complexity index is 793. The number of carbonyl (C=O) groups is 1. The number of amides is 1. The molecule has 3 rings (SSSR count). The van der Waals surface area contributed by atoms with E-state index >= 15 is 0 Å². The van der Waals surface area contributed by atoms with Gasteiger partial charge in [-0.05, 0) is 30.9 Å². The van der Waals surface area contributed by atoms with E-state index in [4.69, 9.17) is 0 Å². The standard InChI is InChI=1S/C17H21N5O3/c1-12-5-9-21(10-6-12)14-4-3-13(11-15(14)22(24)25)17(23)18-16-7-8-20(2)19-16/h3-4,7-8,11-12H,5-6,9-10H2,1-2H3,(H,18,19,23). The second-order valence-electron chi connectivity index (χ2n) is 6.46. The van der Waals surface area contributed by atoms with Crippen LogP contribution in [0.3, 0.4) is 0 Å². The third-order valence-electron chi connectivity index (χ3n) is 4.51. The lowest BCUT2D eigenvalue weighted by Crippen LogP contribution is -2.33. The normalized spacial score (nSPS) is 15.2. The van der Waals surface area contributed by atoms with Crippen LogP contribution in [0, 0.1) is 16.0 Å². The van der Waals surface area contributed by atoms with Crippen molar-refractivity contribution in [3.05, 3.63) is 46.1 Å². The predicted molar refractivity (Wildman–Crippen MR) is 94.9 cm³/mol. The number of nitro groups is 1. The van der Waals surface area contributed by atoms with Crippen molar-refractivity contribution in [2.75, 3.05) is 23.3 Å². The van der Waals surface area contributed by atoms with Crippen molar-refractivity contribution < 1.29 is 9.72 Å². The zero-order valence-electron chi connectivity index (χ0n) is 14.3. The van der Waals surface area contributed by atoms with Crippen LogP contribution in [0.2, 0.25) is 0 Å². The van der Waals surface area contributed by atoms with Crippen LogP contribution in [-0.2, 0) is 7.05 Å². The molecule has 0 aliphatic carbocycles. The minimum absolute atomic E-state index is 0.0387. The van der Waals surface area contributed by atoms with Gasteiger partial charge >= 0.3 is 0 Å². The molecule has 1 fully saturated rings. The van der Waals surface area contributed by atoms with Gasteiger partial charge < -0.3 is 10.2 Å². The van der Waals surface area contributed by atoms with Crippen LogP contribution in [0.15, 0.2) is 30.5 Å². The number of rotatable bonds is 4. The molecule has 0 spiro atoms. The maximum absolute atomic E-state index is 12.3. The summed E-state index contributed by atoms with van der Waals surface area (Å²) in [5, 5.41) is 18.2. The van der Waals surface area contributed by atoms with E-state index in [-0.39, 0.29) is 11.3 Å². The largest absolute Gasteiger partial charge is 0.366 e. The quantitative estimate of drug-likeness (QED) is 0.680. The van der Waals surface area contributed by atoms with Crippen LogP contribution in [-0.4, -0.2) is 33.7 Å². The molecule has 1 aliphatic rings. The first-order valence-electron chi connectivity index (χ1n) is 8.28. The van der Waals surface area contributed by atoms with Crippen LogP contribution < -0.4 is 10.2 Å². The average Bonchev–Trinajstić information content (AvgIpc) is 3.00. The highest BCUT2D eigenvalue weighted by atomic mass is 16.6. The van der Waals surface area contributed by atoms with Gasteiger partial charge in [0.1, 0.15) is 5.69 Å². The molecule has 25 heavy (non-hydrogen) atoms. The van der Waals surface area contributed by atoms with Crippen molar-refractivity contribution in [2.24, 2.45) is 13.0 Å². The summed E-state index contributed by atoms with van der Waals surface area (Å²) in [5.41, 5.74) is 0.779. The summed E-state index contributed by atoms with van der Waals surface area (Å²) in [6, 6.07) is 6.29. The molecule has 1 saturated heterocycles. The molecule has 1 aromatic carbocycles. The number of nitro benzene ring substituents is 1. The van der Waals surface area contributed by atoms with E-state index in [0.717, 1.165) is 25.9 Å². The number of piperidine rings is 1. The third kappa shape index (κ3) is 3.78. The maximum Gasteiger partial charge on any atom is 0.293 e. The van der Waals surface area contributed by atoms with E-state index < -0.39 is 10.8 Å². The van der Waals surface area contributed by atoms with Crippen molar-refractivity contribution in [2.45, 2.75) is 19.8 Å². The number of anilines is 2. The first-order chi connectivity index (χ1) is 11.9. The fourth-order valence-electron chi connectivity index (χ4n) is 3.00. The highest BCUT2D eigenvalue weighted by Crippen LogP contribution is 2.32. The Kier molecular flexibility index (Phi) is 4.69. The summed E-state index contributed by atoms with van der Waals surface area (Å²) < 4.78 is 1.57. The number of hydrogen-bond donors (Lipinski definition) is 1. The second-order valence-corrected chi connectivity index (χ2v) is 6.46. The van der Waals surface area contributed by atoms with Gasteiger partial charge in [0.2, 0.25) is 0 Å². The number of aryl methyl sites for hydroxylation is 1. The Morgan fingerprint density at radius 3 is 2.64 bits per heavy atom. The molecular formula is C17H21N5O3. The van der Waals surface area contributed by atoms with Crippen LogP contribution in [0.4, 0.5) is 17.2 Å². The van der Waals surface area contributed by atoms with Crippen LogP contribution in [0.25, 0.3) is 0 Å². The molecule has 132 valence electrons.